The molecule has 0 bridgehead atoms. The van der Waals surface area contributed by atoms with Crippen LogP contribution in [0.5, 0.6) is 0 Å². The third-order valence-electron chi connectivity index (χ3n) is 2.92. The van der Waals surface area contributed by atoms with Crippen molar-refractivity contribution in [2.24, 2.45) is 0 Å². The fraction of sp³-hybridized carbons (Fsp3) is 0.200. The van der Waals surface area contributed by atoms with Crippen molar-refractivity contribution in [2.45, 2.75) is 12.8 Å². The topological polar surface area (TPSA) is 88.2 Å². The first-order valence-electron chi connectivity index (χ1n) is 6.44. The van der Waals surface area contributed by atoms with Gasteiger partial charge in [0.05, 0.1) is 5.69 Å². The molecule has 0 aliphatic carbocycles. The molecule has 0 aliphatic rings. The Hall–Kier alpha value is -2.56. The molecule has 2 aromatic rings. The van der Waals surface area contributed by atoms with Gasteiger partial charge in [-0.2, -0.15) is 0 Å². The Kier molecular flexibility index (Phi) is 4.55. The lowest BCUT2D eigenvalue weighted by Gasteiger charge is -2.09. The monoisotopic (exact) mass is 271 g/mol. The van der Waals surface area contributed by atoms with E-state index in [1.807, 2.05) is 18.2 Å². The Bertz CT molecular complexity index is 585. The van der Waals surface area contributed by atoms with E-state index in [2.05, 4.69) is 22.4 Å². The maximum Gasteiger partial charge on any atom is 0.354 e. The molecule has 1 heterocycles. The summed E-state index contributed by atoms with van der Waals surface area (Å²) >= 11 is 0. The van der Waals surface area contributed by atoms with Gasteiger partial charge in [-0.25, -0.2) is 9.78 Å². The third kappa shape index (κ3) is 3.71. The van der Waals surface area contributed by atoms with Gasteiger partial charge >= 0.3 is 5.97 Å². The summed E-state index contributed by atoms with van der Waals surface area (Å²) in [5.74, 6) is -0.629. The molecule has 2 rings (SSSR count). The second kappa shape index (κ2) is 6.56. The number of anilines is 2. The van der Waals surface area contributed by atoms with Gasteiger partial charge in [0.2, 0.25) is 0 Å². The van der Waals surface area contributed by atoms with Crippen LogP contribution in [0.2, 0.25) is 0 Å². The minimum Gasteiger partial charge on any atom is -0.477 e. The minimum absolute atomic E-state index is 0.00948. The molecule has 20 heavy (non-hydrogen) atoms. The number of carboxylic acids is 1. The Balaban J connectivity index is 1.88. The average Bonchev–Trinajstić information content (AvgIpc) is 2.46. The molecule has 0 aliphatic heterocycles. The van der Waals surface area contributed by atoms with Crippen LogP contribution in [0.1, 0.15) is 22.5 Å². The van der Waals surface area contributed by atoms with Gasteiger partial charge < -0.3 is 16.2 Å². The first-order chi connectivity index (χ1) is 9.66. The van der Waals surface area contributed by atoms with Crippen molar-refractivity contribution in [3.05, 3.63) is 53.7 Å². The molecule has 5 nitrogen and oxygen atoms in total. The number of nitrogens with zero attached hydrogens (tertiary/aromatic N) is 1. The summed E-state index contributed by atoms with van der Waals surface area (Å²) in [5.41, 5.74) is 7.48. The molecule has 5 heteroatoms. The highest BCUT2D eigenvalue weighted by Gasteiger charge is 2.07. The Morgan fingerprint density at radius 1 is 1.20 bits per heavy atom. The normalized spacial score (nSPS) is 10.2. The summed E-state index contributed by atoms with van der Waals surface area (Å²) in [6, 6.07) is 13.1. The lowest BCUT2D eigenvalue weighted by atomic mass is 10.1. The van der Waals surface area contributed by atoms with Gasteiger partial charge in [-0.15, -0.1) is 0 Å². The highest BCUT2D eigenvalue weighted by molar-refractivity contribution is 5.86. The summed E-state index contributed by atoms with van der Waals surface area (Å²) in [6.07, 6.45) is 1.87. The Morgan fingerprint density at radius 3 is 2.65 bits per heavy atom. The van der Waals surface area contributed by atoms with E-state index >= 15 is 0 Å². The second-order valence-corrected chi connectivity index (χ2v) is 4.46. The molecular formula is C15H17N3O2. The van der Waals surface area contributed by atoms with E-state index in [0.717, 1.165) is 12.8 Å². The highest BCUT2D eigenvalue weighted by Crippen LogP contribution is 2.16. The number of aromatic carboxylic acids is 1. The maximum absolute atomic E-state index is 10.8. The molecule has 1 aromatic carbocycles. The number of benzene rings is 1. The lowest BCUT2D eigenvalue weighted by molar-refractivity contribution is 0.0690. The van der Waals surface area contributed by atoms with Crippen LogP contribution in [-0.4, -0.2) is 22.6 Å². The predicted octanol–water partition coefficient (Wildman–Crippen LogP) is 2.41. The molecule has 0 unspecified atom stereocenters. The van der Waals surface area contributed by atoms with E-state index in [0.29, 0.717) is 18.1 Å². The predicted molar refractivity (Wildman–Crippen MR) is 78.9 cm³/mol. The summed E-state index contributed by atoms with van der Waals surface area (Å²) in [7, 11) is 0. The summed E-state index contributed by atoms with van der Waals surface area (Å²) in [4.78, 5) is 14.8. The number of pyridine rings is 1. The van der Waals surface area contributed by atoms with Crippen LogP contribution in [0, 0.1) is 0 Å². The molecule has 0 amide bonds. The zero-order valence-electron chi connectivity index (χ0n) is 11.0. The molecule has 4 N–H and O–H groups in total. The zero-order valence-corrected chi connectivity index (χ0v) is 11.0. The fourth-order valence-corrected chi connectivity index (χ4v) is 1.87. The van der Waals surface area contributed by atoms with Gasteiger partial charge in [0.15, 0.2) is 5.69 Å². The zero-order chi connectivity index (χ0) is 14.4. The number of carboxylic acid groups (broad SMARTS) is 1. The van der Waals surface area contributed by atoms with Crippen molar-refractivity contribution in [1.29, 1.82) is 0 Å². The summed E-state index contributed by atoms with van der Waals surface area (Å²) < 4.78 is 0. The summed E-state index contributed by atoms with van der Waals surface area (Å²) in [6.45, 7) is 0.690. The molecular weight excluding hydrogens is 254 g/mol. The van der Waals surface area contributed by atoms with Crippen LogP contribution in [0.4, 0.5) is 11.5 Å². The van der Waals surface area contributed by atoms with Crippen LogP contribution in [-0.2, 0) is 6.42 Å². The number of aryl methyl sites for hydroxylation is 1. The quantitative estimate of drug-likeness (QED) is 0.702. The van der Waals surface area contributed by atoms with Crippen molar-refractivity contribution in [3.63, 3.8) is 0 Å². The number of hydrogen-bond acceptors (Lipinski definition) is 4. The van der Waals surface area contributed by atoms with Crippen LogP contribution in [0.3, 0.4) is 0 Å². The van der Waals surface area contributed by atoms with E-state index in [4.69, 9.17) is 10.8 Å². The van der Waals surface area contributed by atoms with Crippen molar-refractivity contribution >= 4 is 17.5 Å². The molecule has 0 atom stereocenters. The lowest BCUT2D eigenvalue weighted by Crippen LogP contribution is -2.10. The van der Waals surface area contributed by atoms with Gasteiger partial charge in [-0.1, -0.05) is 30.3 Å². The molecule has 0 saturated heterocycles. The molecule has 104 valence electrons. The van der Waals surface area contributed by atoms with E-state index in [1.54, 1.807) is 6.07 Å². The van der Waals surface area contributed by atoms with E-state index in [9.17, 15) is 4.79 Å². The van der Waals surface area contributed by atoms with Gasteiger partial charge in [0, 0.05) is 6.54 Å². The minimum atomic E-state index is -1.06. The van der Waals surface area contributed by atoms with Crippen LogP contribution >= 0.6 is 0 Å². The fourth-order valence-electron chi connectivity index (χ4n) is 1.87. The number of hydrogen-bond donors (Lipinski definition) is 3. The first-order valence-corrected chi connectivity index (χ1v) is 6.44. The summed E-state index contributed by atoms with van der Waals surface area (Å²) in [5, 5.41) is 12.0. The molecule has 1 aromatic heterocycles. The van der Waals surface area contributed by atoms with Crippen molar-refractivity contribution < 1.29 is 9.90 Å². The van der Waals surface area contributed by atoms with Crippen LogP contribution in [0.25, 0.3) is 0 Å². The van der Waals surface area contributed by atoms with Crippen molar-refractivity contribution in [3.8, 4) is 0 Å². The molecule has 0 fully saturated rings. The van der Waals surface area contributed by atoms with Gasteiger partial charge in [0.25, 0.3) is 0 Å². The average molecular weight is 271 g/mol. The molecule has 0 spiro atoms. The smallest absolute Gasteiger partial charge is 0.354 e. The molecule has 0 saturated carbocycles. The number of nitrogens with two attached hydrogens (primary N) is 1. The van der Waals surface area contributed by atoms with E-state index < -0.39 is 5.97 Å². The van der Waals surface area contributed by atoms with E-state index in [-0.39, 0.29) is 5.69 Å². The highest BCUT2D eigenvalue weighted by atomic mass is 16.4. The number of nitrogens with one attached hydrogen (secondary N) is 1. The van der Waals surface area contributed by atoms with Crippen LogP contribution in [0.15, 0.2) is 42.5 Å². The number of rotatable bonds is 6. The van der Waals surface area contributed by atoms with Gasteiger partial charge in [-0.3, -0.25) is 0 Å². The van der Waals surface area contributed by atoms with Crippen molar-refractivity contribution in [1.82, 2.24) is 4.98 Å². The van der Waals surface area contributed by atoms with Crippen LogP contribution < -0.4 is 11.1 Å². The van der Waals surface area contributed by atoms with Crippen molar-refractivity contribution in [2.75, 3.05) is 17.6 Å². The standard InChI is InChI=1S/C15H17N3O2/c16-12-8-9-13(15(19)20)18-14(12)17-10-4-7-11-5-2-1-3-6-11/h1-3,5-6,8-9H,4,7,10,16H2,(H,17,18)(H,19,20). The second-order valence-electron chi connectivity index (χ2n) is 4.46. The van der Waals surface area contributed by atoms with Gasteiger partial charge in [-0.05, 0) is 30.5 Å². The van der Waals surface area contributed by atoms with E-state index in [1.165, 1.54) is 11.6 Å². The third-order valence-corrected chi connectivity index (χ3v) is 2.92. The van der Waals surface area contributed by atoms with Gasteiger partial charge in [0.1, 0.15) is 5.82 Å². The largest absolute Gasteiger partial charge is 0.477 e. The maximum atomic E-state index is 10.8. The number of nitrogen functional groups attached to an aromatic ring is 1. The first kappa shape index (κ1) is 13.9. The number of carbonyl (C=O) groups is 1. The Labute approximate surface area is 117 Å². The Morgan fingerprint density at radius 2 is 1.95 bits per heavy atom. The molecule has 0 radical (unpaired) electrons. The number of aromatic nitrogens is 1. The SMILES string of the molecule is Nc1ccc(C(=O)O)nc1NCCCc1ccccc1.